The van der Waals surface area contributed by atoms with E-state index in [0.29, 0.717) is 48.9 Å². The van der Waals surface area contributed by atoms with E-state index in [2.05, 4.69) is 31.8 Å². The number of carbonyl (C=O) groups excluding carboxylic acids is 1. The molecule has 0 saturated carbocycles. The molecule has 3 aromatic carbocycles. The zero-order chi connectivity index (χ0) is 25.1. The number of nitrogens with one attached hydrogen (secondary N) is 2. The van der Waals surface area contributed by atoms with Crippen LogP contribution < -0.4 is 16.4 Å². The summed E-state index contributed by atoms with van der Waals surface area (Å²) in [6.45, 7) is 0. The third kappa shape index (κ3) is 5.02. The van der Waals surface area contributed by atoms with Crippen LogP contribution in [-0.4, -0.2) is 21.0 Å². The molecule has 0 radical (unpaired) electrons. The van der Waals surface area contributed by atoms with E-state index in [1.807, 2.05) is 6.07 Å². The van der Waals surface area contributed by atoms with Gasteiger partial charge in [-0.2, -0.15) is 10.2 Å². The average molecular weight is 514 g/mol. The molecule has 5 rings (SSSR count). The zero-order valence-electron chi connectivity index (χ0n) is 18.4. The van der Waals surface area contributed by atoms with Crippen molar-refractivity contribution >= 4 is 51.2 Å². The van der Waals surface area contributed by atoms with Gasteiger partial charge in [0.1, 0.15) is 10.7 Å². The molecule has 0 aliphatic carbocycles. The predicted octanol–water partition coefficient (Wildman–Crippen LogP) is 5.96. The molecule has 11 heteroatoms. The van der Waals surface area contributed by atoms with Crippen molar-refractivity contribution in [3.63, 3.8) is 0 Å². The Morgan fingerprint density at radius 3 is 2.67 bits per heavy atom. The quantitative estimate of drug-likeness (QED) is 0.252. The van der Waals surface area contributed by atoms with Crippen LogP contribution in [0.1, 0.15) is 15.9 Å². The summed E-state index contributed by atoms with van der Waals surface area (Å²) in [5, 5.41) is 20.1. The lowest BCUT2D eigenvalue weighted by Crippen LogP contribution is -2.11. The van der Waals surface area contributed by atoms with Gasteiger partial charge in [0.15, 0.2) is 5.13 Å². The first-order valence-electron chi connectivity index (χ1n) is 10.5. The predicted molar refractivity (Wildman–Crippen MR) is 139 cm³/mol. The first-order valence-corrected chi connectivity index (χ1v) is 11.7. The summed E-state index contributed by atoms with van der Waals surface area (Å²) in [6, 6.07) is 22.9. The van der Waals surface area contributed by atoms with Crippen LogP contribution in [-0.2, 0) is 0 Å². The van der Waals surface area contributed by atoms with Crippen LogP contribution in [0.5, 0.6) is 0 Å². The average Bonchev–Trinajstić information content (AvgIpc) is 3.51. The molecule has 4 N–H and O–H groups in total. The Morgan fingerprint density at radius 1 is 1.03 bits per heavy atom. The minimum absolute atomic E-state index is 0.215. The van der Waals surface area contributed by atoms with Crippen LogP contribution in [0, 0.1) is 11.3 Å². The summed E-state index contributed by atoms with van der Waals surface area (Å²) in [5.74, 6) is 0.484. The van der Waals surface area contributed by atoms with Gasteiger partial charge in [0, 0.05) is 27.5 Å². The number of nitriles is 1. The molecule has 5 aromatic rings. The second kappa shape index (κ2) is 9.87. The third-order valence-electron chi connectivity index (χ3n) is 4.98. The van der Waals surface area contributed by atoms with Crippen molar-refractivity contribution in [3.8, 4) is 28.2 Å². The van der Waals surface area contributed by atoms with E-state index in [1.54, 1.807) is 66.7 Å². The van der Waals surface area contributed by atoms with Crippen LogP contribution in [0.2, 0.25) is 5.02 Å². The molecule has 0 bridgehead atoms. The van der Waals surface area contributed by atoms with Crippen molar-refractivity contribution in [2.75, 3.05) is 16.4 Å². The highest BCUT2D eigenvalue weighted by atomic mass is 35.5. The number of amides is 1. The molecule has 0 spiro atoms. The molecule has 9 nitrogen and oxygen atoms in total. The number of hydrogen-bond acceptors (Lipinski definition) is 9. The van der Waals surface area contributed by atoms with Gasteiger partial charge in [0.05, 0.1) is 11.6 Å². The van der Waals surface area contributed by atoms with Crippen molar-refractivity contribution in [3.05, 3.63) is 88.9 Å². The van der Waals surface area contributed by atoms with Gasteiger partial charge >= 0.3 is 0 Å². The highest BCUT2D eigenvalue weighted by Gasteiger charge is 2.19. The fourth-order valence-corrected chi connectivity index (χ4v) is 4.35. The molecule has 36 heavy (non-hydrogen) atoms. The third-order valence-corrected chi connectivity index (χ3v) is 6.19. The molecule has 1 amide bonds. The van der Waals surface area contributed by atoms with Crippen molar-refractivity contribution in [1.82, 2.24) is 15.1 Å². The highest BCUT2D eigenvalue weighted by Crippen LogP contribution is 2.36. The monoisotopic (exact) mass is 513 g/mol. The smallest absolute Gasteiger partial charge is 0.272 e. The Balaban J connectivity index is 1.34. The number of hydrogen-bond donors (Lipinski definition) is 3. The van der Waals surface area contributed by atoms with Gasteiger partial charge in [-0.15, -0.1) is 0 Å². The number of nitrogen functional groups attached to an aromatic ring is 1. The Morgan fingerprint density at radius 2 is 1.83 bits per heavy atom. The number of nitrogens with two attached hydrogens (primary N) is 1. The SMILES string of the molecule is N#Cc1cccc(Nc2nc(N)c(-c3nc(-c4cccc(NC(=O)c5cccc(Cl)c5)c4)no3)s2)c1. The number of carbonyl (C=O) groups is 1. The highest BCUT2D eigenvalue weighted by molar-refractivity contribution is 7.19. The van der Waals surface area contributed by atoms with Gasteiger partial charge in [-0.3, -0.25) is 4.79 Å². The van der Waals surface area contributed by atoms with Crippen LogP contribution in [0.3, 0.4) is 0 Å². The van der Waals surface area contributed by atoms with E-state index >= 15 is 0 Å². The molecule has 0 unspecified atom stereocenters. The van der Waals surface area contributed by atoms with Crippen molar-refractivity contribution < 1.29 is 9.32 Å². The molecular weight excluding hydrogens is 498 g/mol. The zero-order valence-corrected chi connectivity index (χ0v) is 20.0. The molecule has 0 saturated heterocycles. The van der Waals surface area contributed by atoms with E-state index in [0.717, 1.165) is 0 Å². The Labute approximate surface area is 214 Å². The van der Waals surface area contributed by atoms with E-state index < -0.39 is 0 Å². The van der Waals surface area contributed by atoms with Crippen LogP contribution in [0.15, 0.2) is 77.3 Å². The maximum Gasteiger partial charge on any atom is 0.272 e. The van der Waals surface area contributed by atoms with Gasteiger partial charge in [0.25, 0.3) is 11.8 Å². The topological polar surface area (TPSA) is 143 Å². The van der Waals surface area contributed by atoms with Gasteiger partial charge in [0.2, 0.25) is 5.82 Å². The fourth-order valence-electron chi connectivity index (χ4n) is 3.33. The summed E-state index contributed by atoms with van der Waals surface area (Å²) in [4.78, 5) is 21.8. The molecule has 2 heterocycles. The maximum atomic E-state index is 12.5. The molecule has 176 valence electrons. The normalized spacial score (nSPS) is 10.6. The van der Waals surface area contributed by atoms with Crippen molar-refractivity contribution in [1.29, 1.82) is 5.26 Å². The van der Waals surface area contributed by atoms with Crippen LogP contribution >= 0.6 is 22.9 Å². The van der Waals surface area contributed by atoms with Gasteiger partial charge in [-0.05, 0) is 48.5 Å². The second-order valence-corrected chi connectivity index (χ2v) is 8.95. The molecule has 0 aliphatic rings. The number of aromatic nitrogens is 3. The summed E-state index contributed by atoms with van der Waals surface area (Å²) in [5.41, 5.74) is 8.98. The standard InChI is InChI=1S/C25H16ClN7O2S/c26-17-7-2-6-16(11-17)23(34)29-19-9-3-5-15(12-19)22-32-24(35-33-22)20-21(28)31-25(36-20)30-18-8-1-4-14(10-18)13-27/h1-12H,28H2,(H,29,34)(H,30,31). The van der Waals surface area contributed by atoms with E-state index in [1.165, 1.54) is 11.3 Å². The minimum atomic E-state index is -0.291. The summed E-state index contributed by atoms with van der Waals surface area (Å²) >= 11 is 7.23. The van der Waals surface area contributed by atoms with Crippen molar-refractivity contribution in [2.45, 2.75) is 0 Å². The van der Waals surface area contributed by atoms with Gasteiger partial charge < -0.3 is 20.9 Å². The lowest BCUT2D eigenvalue weighted by atomic mass is 10.1. The number of benzene rings is 3. The summed E-state index contributed by atoms with van der Waals surface area (Å²) in [7, 11) is 0. The maximum absolute atomic E-state index is 12.5. The first-order chi connectivity index (χ1) is 17.5. The van der Waals surface area contributed by atoms with E-state index in [4.69, 9.17) is 27.1 Å². The number of anilines is 4. The van der Waals surface area contributed by atoms with Gasteiger partial charge in [-0.25, -0.2) is 4.98 Å². The number of rotatable bonds is 6. The molecule has 2 aromatic heterocycles. The summed E-state index contributed by atoms with van der Waals surface area (Å²) < 4.78 is 5.45. The second-order valence-electron chi connectivity index (χ2n) is 7.52. The van der Waals surface area contributed by atoms with Crippen LogP contribution in [0.4, 0.5) is 22.3 Å². The Kier molecular flexibility index (Phi) is 6.32. The van der Waals surface area contributed by atoms with E-state index in [9.17, 15) is 4.79 Å². The molecule has 0 fully saturated rings. The van der Waals surface area contributed by atoms with Crippen molar-refractivity contribution in [2.24, 2.45) is 0 Å². The lowest BCUT2D eigenvalue weighted by Gasteiger charge is -2.06. The minimum Gasteiger partial charge on any atom is -0.382 e. The summed E-state index contributed by atoms with van der Waals surface area (Å²) in [6.07, 6.45) is 0. The number of thiazole rings is 1. The molecular formula is C25H16ClN7O2S. The first kappa shape index (κ1) is 23.0. The van der Waals surface area contributed by atoms with E-state index in [-0.39, 0.29) is 17.6 Å². The number of halogens is 1. The Bertz CT molecular complexity index is 1620. The van der Waals surface area contributed by atoms with Gasteiger partial charge in [-0.1, -0.05) is 52.4 Å². The lowest BCUT2D eigenvalue weighted by molar-refractivity contribution is 0.102. The number of nitrogens with zero attached hydrogens (tertiary/aromatic N) is 4. The Hall–Kier alpha value is -4.72. The molecule has 0 atom stereocenters. The largest absolute Gasteiger partial charge is 0.382 e. The molecule has 0 aliphatic heterocycles. The van der Waals surface area contributed by atoms with Crippen LogP contribution in [0.25, 0.3) is 22.2 Å². The fraction of sp³-hybridized carbons (Fsp3) is 0.